The largest absolute Gasteiger partial charge is 0.495 e. The summed E-state index contributed by atoms with van der Waals surface area (Å²) in [7, 11) is -2.46. The van der Waals surface area contributed by atoms with Crippen molar-refractivity contribution >= 4 is 39.1 Å². The minimum absolute atomic E-state index is 0.0879. The van der Waals surface area contributed by atoms with E-state index in [2.05, 4.69) is 10.0 Å². The van der Waals surface area contributed by atoms with Crippen molar-refractivity contribution < 1.29 is 17.9 Å². The molecule has 2 aromatic rings. The Morgan fingerprint density at radius 1 is 1.10 bits per heavy atom. The molecule has 0 saturated heterocycles. The van der Waals surface area contributed by atoms with Crippen molar-refractivity contribution in [3.05, 3.63) is 57.6 Å². The summed E-state index contributed by atoms with van der Waals surface area (Å²) in [6.45, 7) is 7.66. The molecule has 0 atom stereocenters. The van der Waals surface area contributed by atoms with Gasteiger partial charge in [0.2, 0.25) is 10.0 Å². The number of sulfonamides is 1. The first-order valence-corrected chi connectivity index (χ1v) is 11.6. The number of halogens is 2. The van der Waals surface area contributed by atoms with E-state index in [4.69, 9.17) is 27.9 Å². The fourth-order valence-electron chi connectivity index (χ4n) is 2.82. The topological polar surface area (TPSA) is 84.5 Å². The number of carbonyl (C=O) groups is 1. The summed E-state index contributed by atoms with van der Waals surface area (Å²) in [4.78, 5) is 12.6. The average Bonchev–Trinajstić information content (AvgIpc) is 2.66. The maximum absolute atomic E-state index is 12.7. The Morgan fingerprint density at radius 3 is 2.33 bits per heavy atom. The van der Waals surface area contributed by atoms with E-state index in [9.17, 15) is 13.2 Å². The molecule has 30 heavy (non-hydrogen) atoms. The van der Waals surface area contributed by atoms with E-state index in [-0.39, 0.29) is 22.3 Å². The van der Waals surface area contributed by atoms with E-state index < -0.39 is 21.3 Å². The Balaban J connectivity index is 2.24. The molecule has 0 fully saturated rings. The molecule has 2 rings (SSSR count). The van der Waals surface area contributed by atoms with E-state index in [1.165, 1.54) is 25.3 Å². The van der Waals surface area contributed by atoms with Crippen molar-refractivity contribution in [2.24, 2.45) is 0 Å². The van der Waals surface area contributed by atoms with E-state index in [1.54, 1.807) is 26.0 Å². The van der Waals surface area contributed by atoms with Gasteiger partial charge in [-0.05, 0) is 49.7 Å². The van der Waals surface area contributed by atoms with E-state index in [1.807, 2.05) is 19.9 Å². The molecular formula is C21H26Cl2N2O4S. The summed E-state index contributed by atoms with van der Waals surface area (Å²) in [6, 6.07) is 9.34. The fraction of sp³-hybridized carbons (Fsp3) is 0.381. The Bertz CT molecular complexity index is 1040. The monoisotopic (exact) mass is 472 g/mol. The number of rotatable bonds is 8. The summed E-state index contributed by atoms with van der Waals surface area (Å²) in [5.41, 5.74) is 0.700. The minimum atomic E-state index is -3.84. The molecule has 0 saturated carbocycles. The zero-order valence-corrected chi connectivity index (χ0v) is 19.9. The van der Waals surface area contributed by atoms with Gasteiger partial charge in [0.1, 0.15) is 10.6 Å². The predicted octanol–water partition coefficient (Wildman–Crippen LogP) is 4.40. The van der Waals surface area contributed by atoms with Crippen molar-refractivity contribution in [1.82, 2.24) is 10.0 Å². The van der Waals surface area contributed by atoms with Crippen LogP contribution in [0, 0.1) is 0 Å². The van der Waals surface area contributed by atoms with Crippen LogP contribution in [0.3, 0.4) is 0 Å². The lowest BCUT2D eigenvalue weighted by atomic mass is 9.84. The van der Waals surface area contributed by atoms with Crippen LogP contribution in [0.15, 0.2) is 41.3 Å². The van der Waals surface area contributed by atoms with Gasteiger partial charge in [0, 0.05) is 23.6 Å². The molecule has 0 spiro atoms. The number of ether oxygens (including phenoxy) is 1. The third-order valence-corrected chi connectivity index (χ3v) is 6.92. The Labute approximate surface area is 188 Å². The lowest BCUT2D eigenvalue weighted by Gasteiger charge is -2.26. The van der Waals surface area contributed by atoms with Gasteiger partial charge in [-0.25, -0.2) is 13.1 Å². The number of hydrogen-bond acceptors (Lipinski definition) is 4. The maximum Gasteiger partial charge on any atom is 0.251 e. The molecule has 0 heterocycles. The molecule has 0 aliphatic heterocycles. The number of hydrogen-bond donors (Lipinski definition) is 2. The zero-order valence-electron chi connectivity index (χ0n) is 17.5. The van der Waals surface area contributed by atoms with Crippen molar-refractivity contribution in [2.45, 2.75) is 44.0 Å². The third kappa shape index (κ3) is 5.88. The molecule has 0 aromatic heterocycles. The van der Waals surface area contributed by atoms with Gasteiger partial charge in [-0.1, -0.05) is 43.1 Å². The van der Waals surface area contributed by atoms with Gasteiger partial charge in [0.15, 0.2) is 0 Å². The van der Waals surface area contributed by atoms with Gasteiger partial charge in [-0.15, -0.1) is 0 Å². The van der Waals surface area contributed by atoms with Crippen molar-refractivity contribution in [2.75, 3.05) is 13.7 Å². The summed E-state index contributed by atoms with van der Waals surface area (Å²) in [6.07, 6.45) is 0. The number of amides is 1. The minimum Gasteiger partial charge on any atom is -0.495 e. The molecule has 0 bridgehead atoms. The molecule has 0 unspecified atom stereocenters. The number of nitrogens with one attached hydrogen (secondary N) is 2. The summed E-state index contributed by atoms with van der Waals surface area (Å²) in [5.74, 6) is -0.234. The van der Waals surface area contributed by atoms with Crippen LogP contribution in [0.25, 0.3) is 0 Å². The highest BCUT2D eigenvalue weighted by atomic mass is 35.5. The Kier molecular flexibility index (Phi) is 7.80. The normalized spacial score (nSPS) is 12.1. The molecule has 164 valence electrons. The lowest BCUT2D eigenvalue weighted by Crippen LogP contribution is -2.37. The first kappa shape index (κ1) is 24.5. The van der Waals surface area contributed by atoms with Crippen LogP contribution < -0.4 is 14.8 Å². The summed E-state index contributed by atoms with van der Waals surface area (Å²) < 4.78 is 32.9. The van der Waals surface area contributed by atoms with E-state index >= 15 is 0 Å². The molecule has 0 radical (unpaired) electrons. The zero-order chi connectivity index (χ0) is 22.7. The molecular weight excluding hydrogens is 447 g/mol. The molecule has 0 aliphatic rings. The maximum atomic E-state index is 12.7. The van der Waals surface area contributed by atoms with Crippen LogP contribution >= 0.6 is 23.2 Å². The van der Waals surface area contributed by atoms with E-state index in [0.717, 1.165) is 5.56 Å². The molecule has 2 N–H and O–H groups in total. The van der Waals surface area contributed by atoms with Crippen LogP contribution in [0.5, 0.6) is 5.75 Å². The van der Waals surface area contributed by atoms with Crippen LogP contribution in [-0.2, 0) is 15.4 Å². The molecule has 6 nitrogen and oxygen atoms in total. The van der Waals surface area contributed by atoms with Crippen molar-refractivity contribution in [1.29, 1.82) is 0 Å². The average molecular weight is 473 g/mol. The second-order valence-corrected chi connectivity index (χ2v) is 10.3. The van der Waals surface area contributed by atoms with E-state index in [0.29, 0.717) is 16.6 Å². The summed E-state index contributed by atoms with van der Waals surface area (Å²) in [5, 5.41) is 3.76. The highest BCUT2D eigenvalue weighted by Crippen LogP contribution is 2.30. The standard InChI is InChI=1S/C21H26Cl2N2O4S/c1-13(2)25-30(27,28)19-10-14(6-9-18(19)29-5)20(26)24-12-21(3,4)15-7-8-16(22)17(23)11-15/h6-11,13,25H,12H2,1-5H3,(H,24,26). The number of methoxy groups -OCH3 is 1. The van der Waals surface area contributed by atoms with Gasteiger partial charge in [-0.3, -0.25) is 4.79 Å². The van der Waals surface area contributed by atoms with Crippen LogP contribution in [0.2, 0.25) is 10.0 Å². The lowest BCUT2D eigenvalue weighted by molar-refractivity contribution is 0.0945. The van der Waals surface area contributed by atoms with Crippen LogP contribution in [0.4, 0.5) is 0 Å². The van der Waals surface area contributed by atoms with Crippen LogP contribution in [0.1, 0.15) is 43.6 Å². The second-order valence-electron chi connectivity index (χ2n) is 7.84. The van der Waals surface area contributed by atoms with Gasteiger partial charge in [0.05, 0.1) is 17.2 Å². The van der Waals surface area contributed by atoms with Crippen LogP contribution in [-0.4, -0.2) is 34.0 Å². The quantitative estimate of drug-likeness (QED) is 0.596. The molecule has 1 amide bonds. The number of carbonyl (C=O) groups excluding carboxylic acids is 1. The Hall–Kier alpha value is -1.80. The molecule has 0 aliphatic carbocycles. The number of benzene rings is 2. The van der Waals surface area contributed by atoms with Gasteiger partial charge >= 0.3 is 0 Å². The predicted molar refractivity (Wildman–Crippen MR) is 120 cm³/mol. The first-order valence-electron chi connectivity index (χ1n) is 9.31. The summed E-state index contributed by atoms with van der Waals surface area (Å²) >= 11 is 12.1. The first-order chi connectivity index (χ1) is 13.9. The third-order valence-electron chi connectivity index (χ3n) is 4.50. The van der Waals surface area contributed by atoms with Gasteiger partial charge in [-0.2, -0.15) is 0 Å². The van der Waals surface area contributed by atoms with Crippen molar-refractivity contribution in [3.8, 4) is 5.75 Å². The second kappa shape index (κ2) is 9.56. The van der Waals surface area contributed by atoms with Gasteiger partial charge in [0.25, 0.3) is 5.91 Å². The van der Waals surface area contributed by atoms with Gasteiger partial charge < -0.3 is 10.1 Å². The SMILES string of the molecule is COc1ccc(C(=O)NCC(C)(C)c2ccc(Cl)c(Cl)c2)cc1S(=O)(=O)NC(C)C. The highest BCUT2D eigenvalue weighted by molar-refractivity contribution is 7.89. The molecule has 9 heteroatoms. The van der Waals surface area contributed by atoms with Crippen molar-refractivity contribution in [3.63, 3.8) is 0 Å². The Morgan fingerprint density at radius 2 is 1.77 bits per heavy atom. The fourth-order valence-corrected chi connectivity index (χ4v) is 4.57. The smallest absolute Gasteiger partial charge is 0.251 e. The highest BCUT2D eigenvalue weighted by Gasteiger charge is 2.25. The molecule has 2 aromatic carbocycles.